The van der Waals surface area contributed by atoms with Gasteiger partial charge in [0.1, 0.15) is 29.3 Å². The van der Waals surface area contributed by atoms with Crippen molar-refractivity contribution in [3.63, 3.8) is 0 Å². The first-order valence-electron chi connectivity index (χ1n) is 11.9. The number of fused-ring (bicyclic) bond motifs is 1. The monoisotopic (exact) mass is 478 g/mol. The van der Waals surface area contributed by atoms with Gasteiger partial charge in [0.15, 0.2) is 5.82 Å². The summed E-state index contributed by atoms with van der Waals surface area (Å²) in [6, 6.07) is 17.8. The average molecular weight is 479 g/mol. The zero-order valence-corrected chi connectivity index (χ0v) is 20.4. The van der Waals surface area contributed by atoms with Gasteiger partial charge >= 0.3 is 0 Å². The predicted octanol–water partition coefficient (Wildman–Crippen LogP) is 3.98. The van der Waals surface area contributed by atoms with Crippen LogP contribution in [0.2, 0.25) is 0 Å². The first-order valence-corrected chi connectivity index (χ1v) is 11.9. The summed E-state index contributed by atoms with van der Waals surface area (Å²) in [7, 11) is 0. The molecule has 6 rings (SSSR count). The van der Waals surface area contributed by atoms with Crippen molar-refractivity contribution in [2.24, 2.45) is 5.92 Å². The van der Waals surface area contributed by atoms with Gasteiger partial charge in [-0.2, -0.15) is 5.10 Å². The van der Waals surface area contributed by atoms with Crippen LogP contribution in [0.4, 0.5) is 11.6 Å². The summed E-state index contributed by atoms with van der Waals surface area (Å²) in [5.74, 6) is 2.01. The number of carbonyl (C=O) groups excluding carboxylic acids is 1. The number of imidazole rings is 1. The summed E-state index contributed by atoms with van der Waals surface area (Å²) in [5, 5.41) is 7.68. The van der Waals surface area contributed by atoms with Crippen LogP contribution in [0.25, 0.3) is 22.7 Å². The number of anilines is 2. The van der Waals surface area contributed by atoms with Gasteiger partial charge in [-0.05, 0) is 44.5 Å². The molecule has 5 heterocycles. The molecule has 36 heavy (non-hydrogen) atoms. The molecule has 4 aromatic heterocycles. The highest BCUT2D eigenvalue weighted by molar-refractivity contribution is 5.97. The van der Waals surface area contributed by atoms with Crippen LogP contribution in [0.1, 0.15) is 17.0 Å². The topological polar surface area (TPSA) is 93.2 Å². The maximum Gasteiger partial charge on any atom is 0.232 e. The third-order valence-corrected chi connectivity index (χ3v) is 6.61. The number of rotatable bonds is 5. The van der Waals surface area contributed by atoms with E-state index in [-0.39, 0.29) is 11.8 Å². The molecular weight excluding hydrogens is 452 g/mol. The SMILES string of the molecule is Cc1cc(C)n(-c2cc(N3CC(C(=O)Nc4c(-c5ccccc5C)nc5ccccn45)C3)ncn2)n1. The molecule has 5 aromatic rings. The molecule has 9 nitrogen and oxygen atoms in total. The van der Waals surface area contributed by atoms with Gasteiger partial charge in [-0.1, -0.05) is 30.3 Å². The number of pyridine rings is 1. The summed E-state index contributed by atoms with van der Waals surface area (Å²) in [6.07, 6.45) is 3.47. The molecule has 1 amide bonds. The summed E-state index contributed by atoms with van der Waals surface area (Å²) in [6.45, 7) is 7.16. The third-order valence-electron chi connectivity index (χ3n) is 6.61. The Hall–Kier alpha value is -4.53. The van der Waals surface area contributed by atoms with Gasteiger partial charge in [0.2, 0.25) is 5.91 Å². The zero-order chi connectivity index (χ0) is 24.8. The maximum absolute atomic E-state index is 13.3. The van der Waals surface area contributed by atoms with E-state index in [2.05, 4.69) is 38.3 Å². The first kappa shape index (κ1) is 22.0. The van der Waals surface area contributed by atoms with E-state index in [0.29, 0.717) is 24.7 Å². The van der Waals surface area contributed by atoms with Gasteiger partial charge in [0.05, 0.1) is 11.6 Å². The molecule has 1 saturated heterocycles. The molecule has 0 saturated carbocycles. The highest BCUT2D eigenvalue weighted by Crippen LogP contribution is 2.32. The van der Waals surface area contributed by atoms with Crippen LogP contribution < -0.4 is 10.2 Å². The van der Waals surface area contributed by atoms with Gasteiger partial charge in [0.25, 0.3) is 0 Å². The number of amides is 1. The molecule has 0 atom stereocenters. The number of aromatic nitrogens is 6. The van der Waals surface area contributed by atoms with E-state index in [1.54, 1.807) is 6.33 Å². The lowest BCUT2D eigenvalue weighted by Gasteiger charge is -2.39. The van der Waals surface area contributed by atoms with E-state index in [1.807, 2.05) is 77.7 Å². The van der Waals surface area contributed by atoms with Crippen LogP contribution in [0.3, 0.4) is 0 Å². The Labute approximate surface area is 208 Å². The lowest BCUT2D eigenvalue weighted by Crippen LogP contribution is -2.52. The number of aryl methyl sites for hydroxylation is 3. The fourth-order valence-electron chi connectivity index (χ4n) is 4.68. The minimum atomic E-state index is -0.156. The van der Waals surface area contributed by atoms with Crippen molar-refractivity contribution in [3.05, 3.63) is 84.1 Å². The summed E-state index contributed by atoms with van der Waals surface area (Å²) >= 11 is 0. The molecule has 1 aliphatic rings. The highest BCUT2D eigenvalue weighted by Gasteiger charge is 2.34. The van der Waals surface area contributed by atoms with Crippen molar-refractivity contribution in [3.8, 4) is 17.1 Å². The number of nitrogens with zero attached hydrogens (tertiary/aromatic N) is 7. The molecule has 0 spiro atoms. The molecule has 9 heteroatoms. The Bertz CT molecular complexity index is 1590. The average Bonchev–Trinajstić information content (AvgIpc) is 3.37. The highest BCUT2D eigenvalue weighted by atomic mass is 16.2. The molecule has 1 N–H and O–H groups in total. The summed E-state index contributed by atoms with van der Waals surface area (Å²) < 4.78 is 3.74. The number of hydrogen-bond donors (Lipinski definition) is 1. The van der Waals surface area contributed by atoms with Crippen LogP contribution in [0.15, 0.2) is 67.1 Å². The lowest BCUT2D eigenvalue weighted by molar-refractivity contribution is -0.120. The number of hydrogen-bond acceptors (Lipinski definition) is 6. The Morgan fingerprint density at radius 2 is 1.75 bits per heavy atom. The number of benzene rings is 1. The van der Waals surface area contributed by atoms with Crippen molar-refractivity contribution in [2.75, 3.05) is 23.3 Å². The zero-order valence-electron chi connectivity index (χ0n) is 20.4. The molecule has 0 bridgehead atoms. The minimum absolute atomic E-state index is 0.0282. The van der Waals surface area contributed by atoms with Crippen molar-refractivity contribution in [1.82, 2.24) is 29.1 Å². The van der Waals surface area contributed by atoms with E-state index in [0.717, 1.165) is 39.7 Å². The van der Waals surface area contributed by atoms with Crippen molar-refractivity contribution in [2.45, 2.75) is 20.8 Å². The van der Waals surface area contributed by atoms with Crippen molar-refractivity contribution < 1.29 is 4.79 Å². The maximum atomic E-state index is 13.3. The molecule has 0 radical (unpaired) electrons. The van der Waals surface area contributed by atoms with Crippen molar-refractivity contribution >= 4 is 23.2 Å². The van der Waals surface area contributed by atoms with E-state index < -0.39 is 0 Å². The Balaban J connectivity index is 1.22. The molecule has 1 aliphatic heterocycles. The van der Waals surface area contributed by atoms with Crippen LogP contribution in [-0.4, -0.2) is 48.1 Å². The fraction of sp³-hybridized carbons (Fsp3) is 0.222. The summed E-state index contributed by atoms with van der Waals surface area (Å²) in [5.41, 5.74) is 5.62. The van der Waals surface area contributed by atoms with Gasteiger partial charge in [-0.15, -0.1) is 0 Å². The molecule has 1 fully saturated rings. The predicted molar refractivity (Wildman–Crippen MR) is 138 cm³/mol. The Morgan fingerprint density at radius 3 is 2.53 bits per heavy atom. The first-order chi connectivity index (χ1) is 17.5. The van der Waals surface area contributed by atoms with Crippen LogP contribution >= 0.6 is 0 Å². The normalized spacial score (nSPS) is 13.7. The minimum Gasteiger partial charge on any atom is -0.355 e. The van der Waals surface area contributed by atoms with E-state index in [4.69, 9.17) is 4.98 Å². The second-order valence-corrected chi connectivity index (χ2v) is 9.22. The van der Waals surface area contributed by atoms with Gasteiger partial charge in [-0.25, -0.2) is 19.6 Å². The van der Waals surface area contributed by atoms with Crippen molar-refractivity contribution in [1.29, 1.82) is 0 Å². The quantitative estimate of drug-likeness (QED) is 0.411. The lowest BCUT2D eigenvalue weighted by atomic mass is 9.99. The molecule has 1 aromatic carbocycles. The van der Waals surface area contributed by atoms with Gasteiger partial charge in [-0.3, -0.25) is 9.20 Å². The smallest absolute Gasteiger partial charge is 0.232 e. The Kier molecular flexibility index (Phi) is 5.25. The summed E-state index contributed by atoms with van der Waals surface area (Å²) in [4.78, 5) is 29.0. The van der Waals surface area contributed by atoms with E-state index >= 15 is 0 Å². The van der Waals surface area contributed by atoms with Gasteiger partial charge < -0.3 is 10.2 Å². The fourth-order valence-corrected chi connectivity index (χ4v) is 4.68. The molecule has 0 aliphatic carbocycles. The third kappa shape index (κ3) is 3.78. The number of nitrogens with one attached hydrogen (secondary N) is 1. The largest absolute Gasteiger partial charge is 0.355 e. The molecule has 180 valence electrons. The van der Waals surface area contributed by atoms with Crippen LogP contribution in [-0.2, 0) is 4.79 Å². The van der Waals surface area contributed by atoms with Crippen LogP contribution in [0.5, 0.6) is 0 Å². The second kappa shape index (κ2) is 8.60. The standard InChI is InChI=1S/C27H26N8O/c1-17-8-4-5-9-21(17)25-26(34-11-7-6-10-22(34)30-25)31-27(36)20-14-33(15-20)23-13-24(29-16-28-23)35-19(3)12-18(2)32-35/h4-13,16,20H,14-15H2,1-3H3,(H,31,36). The Morgan fingerprint density at radius 1 is 0.972 bits per heavy atom. The molecule has 0 unspecified atom stereocenters. The van der Waals surface area contributed by atoms with E-state index in [1.165, 1.54) is 0 Å². The number of carbonyl (C=O) groups is 1. The van der Waals surface area contributed by atoms with Gasteiger partial charge in [0, 0.05) is 36.6 Å². The second-order valence-electron chi connectivity index (χ2n) is 9.22. The van der Waals surface area contributed by atoms with E-state index in [9.17, 15) is 4.79 Å². The van der Waals surface area contributed by atoms with Crippen LogP contribution in [0, 0.1) is 26.7 Å². The molecular formula is C27H26N8O.